The number of piperazine rings is 1. The summed E-state index contributed by atoms with van der Waals surface area (Å²) >= 11 is 2.86. The number of alkyl carbamates (subject to hydrolysis) is 1. The highest BCUT2D eigenvalue weighted by atomic mass is 32.2. The summed E-state index contributed by atoms with van der Waals surface area (Å²) in [6.07, 6.45) is 1.14. The number of ether oxygens (including phenoxy) is 1. The molecule has 178 valence electrons. The smallest absolute Gasteiger partial charge is 0.407 e. The lowest BCUT2D eigenvalue weighted by atomic mass is 10.2. The van der Waals surface area contributed by atoms with Crippen LogP contribution in [0.2, 0.25) is 0 Å². The molecule has 0 atom stereocenters. The average molecular weight is 492 g/mol. The number of thioether (sulfide) groups is 1. The van der Waals surface area contributed by atoms with Crippen LogP contribution in [0.4, 0.5) is 21.6 Å². The van der Waals surface area contributed by atoms with Crippen LogP contribution in [0.25, 0.3) is 0 Å². The van der Waals surface area contributed by atoms with Crippen molar-refractivity contribution < 1.29 is 14.1 Å². The first-order valence-electron chi connectivity index (χ1n) is 10.7. The van der Waals surface area contributed by atoms with Crippen molar-refractivity contribution in [2.75, 3.05) is 55.7 Å². The molecule has 1 fully saturated rings. The average Bonchev–Trinajstić information content (AvgIpc) is 3.20. The maximum Gasteiger partial charge on any atom is 0.407 e. The first-order chi connectivity index (χ1) is 15.6. The quantitative estimate of drug-likeness (QED) is 0.261. The van der Waals surface area contributed by atoms with Crippen LogP contribution in [0.5, 0.6) is 0 Å². The number of hydrogen-bond donors (Lipinski definition) is 2. The minimum atomic E-state index is -0.524. The zero-order valence-corrected chi connectivity index (χ0v) is 21.3. The maximum absolute atomic E-state index is 11.9. The van der Waals surface area contributed by atoms with Gasteiger partial charge in [0.25, 0.3) is 0 Å². The SMILES string of the molecule is CN1CCN(c2cc(Nc3ncc(C#N)s3)[n+](C)c(SCCNC(=O)OC(C)(C)C)n2)CC1. The van der Waals surface area contributed by atoms with Gasteiger partial charge in [-0.15, -0.1) is 0 Å². The van der Waals surface area contributed by atoms with E-state index in [4.69, 9.17) is 15.0 Å². The number of nitriles is 1. The molecule has 2 N–H and O–H groups in total. The zero-order chi connectivity index (χ0) is 24.0. The van der Waals surface area contributed by atoms with Crippen LogP contribution in [0.3, 0.4) is 0 Å². The molecule has 3 rings (SSSR count). The zero-order valence-electron chi connectivity index (χ0n) is 19.7. The van der Waals surface area contributed by atoms with E-state index in [1.165, 1.54) is 11.3 Å². The first kappa shape index (κ1) is 25.0. The highest BCUT2D eigenvalue weighted by molar-refractivity contribution is 7.99. The molecule has 0 saturated carbocycles. The van der Waals surface area contributed by atoms with Crippen LogP contribution < -0.4 is 20.1 Å². The lowest BCUT2D eigenvalue weighted by molar-refractivity contribution is -0.699. The predicted molar refractivity (Wildman–Crippen MR) is 130 cm³/mol. The maximum atomic E-state index is 11.9. The molecule has 1 amide bonds. The Morgan fingerprint density at radius 2 is 2.09 bits per heavy atom. The van der Waals surface area contributed by atoms with E-state index in [1.807, 2.05) is 38.5 Å². The summed E-state index contributed by atoms with van der Waals surface area (Å²) in [5.41, 5.74) is -0.524. The summed E-state index contributed by atoms with van der Waals surface area (Å²) in [5, 5.41) is 16.7. The number of likely N-dealkylation sites (N-methyl/N-ethyl adjacent to an activating group) is 1. The number of nitrogens with zero attached hydrogens (tertiary/aromatic N) is 6. The number of amides is 1. The molecular weight excluding hydrogens is 460 g/mol. The van der Waals surface area contributed by atoms with Crippen molar-refractivity contribution in [1.82, 2.24) is 20.2 Å². The molecule has 1 aliphatic rings. The van der Waals surface area contributed by atoms with E-state index in [0.29, 0.717) is 22.3 Å². The van der Waals surface area contributed by atoms with Crippen molar-refractivity contribution in [3.8, 4) is 6.07 Å². The Kier molecular flexibility index (Phi) is 8.34. The fourth-order valence-corrected chi connectivity index (χ4v) is 4.53. The largest absolute Gasteiger partial charge is 0.444 e. The van der Waals surface area contributed by atoms with Crippen molar-refractivity contribution in [2.24, 2.45) is 7.05 Å². The minimum absolute atomic E-state index is 0.425. The van der Waals surface area contributed by atoms with Gasteiger partial charge in [-0.05, 0) is 27.8 Å². The lowest BCUT2D eigenvalue weighted by Crippen LogP contribution is -2.46. The molecule has 0 spiro atoms. The van der Waals surface area contributed by atoms with Crippen molar-refractivity contribution in [2.45, 2.75) is 31.5 Å². The second-order valence-electron chi connectivity index (χ2n) is 8.68. The Labute approximate surface area is 203 Å². The van der Waals surface area contributed by atoms with Gasteiger partial charge in [-0.2, -0.15) is 5.26 Å². The van der Waals surface area contributed by atoms with Gasteiger partial charge in [-0.1, -0.05) is 28.1 Å². The number of hydrogen-bond acceptors (Lipinski definition) is 10. The van der Waals surface area contributed by atoms with Crippen LogP contribution in [-0.4, -0.2) is 72.1 Å². The minimum Gasteiger partial charge on any atom is -0.444 e. The summed E-state index contributed by atoms with van der Waals surface area (Å²) in [6.45, 7) is 9.73. The Bertz CT molecular complexity index is 1010. The number of aromatic nitrogens is 3. The summed E-state index contributed by atoms with van der Waals surface area (Å²) in [6, 6.07) is 4.13. The van der Waals surface area contributed by atoms with E-state index < -0.39 is 11.7 Å². The molecular formula is C21H31N8O2S2+. The van der Waals surface area contributed by atoms with Gasteiger partial charge in [-0.3, -0.25) is 0 Å². The predicted octanol–water partition coefficient (Wildman–Crippen LogP) is 2.35. The number of carbonyl (C=O) groups is 1. The fraction of sp³-hybridized carbons (Fsp3) is 0.571. The molecule has 12 heteroatoms. The molecule has 0 bridgehead atoms. The van der Waals surface area contributed by atoms with Gasteiger partial charge in [0.2, 0.25) is 16.8 Å². The van der Waals surface area contributed by atoms with E-state index in [9.17, 15) is 4.79 Å². The molecule has 0 unspecified atom stereocenters. The number of rotatable bonds is 7. The highest BCUT2D eigenvalue weighted by Gasteiger charge is 2.24. The van der Waals surface area contributed by atoms with Crippen LogP contribution in [-0.2, 0) is 11.8 Å². The van der Waals surface area contributed by atoms with E-state index >= 15 is 0 Å². The normalized spacial score (nSPS) is 14.6. The molecule has 1 saturated heterocycles. The molecule has 0 radical (unpaired) electrons. The Hall–Kier alpha value is -2.62. The highest BCUT2D eigenvalue weighted by Crippen LogP contribution is 2.25. The van der Waals surface area contributed by atoms with Crippen molar-refractivity contribution in [3.05, 3.63) is 17.1 Å². The molecule has 33 heavy (non-hydrogen) atoms. The molecule has 0 aromatic carbocycles. The third-order valence-electron chi connectivity index (χ3n) is 4.80. The van der Waals surface area contributed by atoms with Crippen molar-refractivity contribution in [3.63, 3.8) is 0 Å². The number of thiazole rings is 1. The molecule has 1 aliphatic heterocycles. The summed E-state index contributed by atoms with van der Waals surface area (Å²) < 4.78 is 7.25. The molecule has 3 heterocycles. The number of nitrogens with one attached hydrogen (secondary N) is 2. The molecule has 2 aromatic heterocycles. The van der Waals surface area contributed by atoms with Gasteiger partial charge in [-0.25, -0.2) is 19.7 Å². The Morgan fingerprint density at radius 3 is 2.73 bits per heavy atom. The number of carbonyl (C=O) groups excluding carboxylic acids is 1. The van der Waals surface area contributed by atoms with Gasteiger partial charge in [0.1, 0.15) is 16.5 Å². The van der Waals surface area contributed by atoms with Crippen LogP contribution in [0.1, 0.15) is 25.6 Å². The van der Waals surface area contributed by atoms with Gasteiger partial charge in [0.05, 0.1) is 19.3 Å². The summed E-state index contributed by atoms with van der Waals surface area (Å²) in [4.78, 5) is 26.2. The lowest BCUT2D eigenvalue weighted by Gasteiger charge is -2.32. The molecule has 2 aromatic rings. The topological polar surface area (TPSA) is 110 Å². The van der Waals surface area contributed by atoms with Crippen LogP contribution in [0, 0.1) is 11.3 Å². The monoisotopic (exact) mass is 491 g/mol. The van der Waals surface area contributed by atoms with Gasteiger partial charge >= 0.3 is 11.2 Å². The Morgan fingerprint density at radius 1 is 1.36 bits per heavy atom. The standard InChI is InChI=1S/C21H30N8O2S2/c1-21(2,3)31-20(30)23-6-11-32-19-26-17(29-9-7-27(4)8-10-29)12-16(28(19)5)25-18-24-14-15(13-22)33-18/h12,14H,6-11H2,1-5H3,(H,23,30)/p+1. The van der Waals surface area contributed by atoms with Crippen LogP contribution >= 0.6 is 23.1 Å². The van der Waals surface area contributed by atoms with Crippen molar-refractivity contribution >= 4 is 46.0 Å². The third kappa shape index (κ3) is 7.45. The first-order valence-corrected chi connectivity index (χ1v) is 12.5. The van der Waals surface area contributed by atoms with Gasteiger partial charge < -0.3 is 19.9 Å². The second-order valence-corrected chi connectivity index (χ2v) is 10.8. The van der Waals surface area contributed by atoms with E-state index in [2.05, 4.69) is 38.5 Å². The molecule has 0 aliphatic carbocycles. The number of anilines is 3. The van der Waals surface area contributed by atoms with E-state index in [0.717, 1.165) is 43.0 Å². The van der Waals surface area contributed by atoms with Gasteiger partial charge in [0.15, 0.2) is 0 Å². The van der Waals surface area contributed by atoms with Crippen molar-refractivity contribution in [1.29, 1.82) is 5.26 Å². The second kappa shape index (κ2) is 11.0. The summed E-state index contributed by atoms with van der Waals surface area (Å²) in [7, 11) is 4.06. The molecule has 10 nitrogen and oxygen atoms in total. The van der Waals surface area contributed by atoms with E-state index in [1.54, 1.807) is 18.0 Å². The Balaban J connectivity index is 1.74. The summed E-state index contributed by atoms with van der Waals surface area (Å²) in [5.74, 6) is 2.37. The van der Waals surface area contributed by atoms with Gasteiger partial charge in [0, 0.05) is 38.5 Å². The third-order valence-corrected chi connectivity index (χ3v) is 6.65. The fourth-order valence-electron chi connectivity index (χ4n) is 3.08. The van der Waals surface area contributed by atoms with Crippen LogP contribution in [0.15, 0.2) is 17.4 Å². The van der Waals surface area contributed by atoms with E-state index in [-0.39, 0.29) is 0 Å².